The molecule has 3 rings (SSSR count). The van der Waals surface area contributed by atoms with Gasteiger partial charge in [0, 0.05) is 30.9 Å². The van der Waals surface area contributed by atoms with Crippen molar-refractivity contribution in [3.63, 3.8) is 0 Å². The monoisotopic (exact) mass is 397 g/mol. The lowest BCUT2D eigenvalue weighted by Gasteiger charge is -2.20. The van der Waals surface area contributed by atoms with E-state index in [1.54, 1.807) is 31.3 Å². The summed E-state index contributed by atoms with van der Waals surface area (Å²) in [5.41, 5.74) is 2.60. The zero-order valence-corrected chi connectivity index (χ0v) is 17.7. The van der Waals surface area contributed by atoms with Crippen LogP contribution in [0.15, 0.2) is 30.6 Å². The summed E-state index contributed by atoms with van der Waals surface area (Å²) in [6, 6.07) is 5.75. The van der Waals surface area contributed by atoms with E-state index >= 15 is 0 Å². The zero-order chi connectivity index (χ0) is 21.0. The predicted molar refractivity (Wildman–Crippen MR) is 109 cm³/mol. The Morgan fingerprint density at radius 3 is 2.48 bits per heavy atom. The van der Waals surface area contributed by atoms with Crippen LogP contribution in [0.1, 0.15) is 31.3 Å². The molecule has 29 heavy (non-hydrogen) atoms. The van der Waals surface area contributed by atoms with Crippen LogP contribution in [0.5, 0.6) is 17.5 Å². The van der Waals surface area contributed by atoms with Crippen LogP contribution in [0.25, 0.3) is 11.3 Å². The summed E-state index contributed by atoms with van der Waals surface area (Å²) >= 11 is 0. The third-order valence-corrected chi connectivity index (χ3v) is 5.01. The number of rotatable bonds is 8. The third-order valence-electron chi connectivity index (χ3n) is 5.01. The highest BCUT2D eigenvalue weighted by molar-refractivity contribution is 5.65. The SMILES string of the molecule is COc1ccc([C@@H](C)[C@H](C)COc2nc(C)ncc2-c2cc(OC)nn2C)nc1. The highest BCUT2D eigenvalue weighted by atomic mass is 16.5. The van der Waals surface area contributed by atoms with Gasteiger partial charge in [0.05, 0.1) is 38.3 Å². The number of aryl methyl sites for hydroxylation is 2. The maximum atomic E-state index is 6.13. The first-order chi connectivity index (χ1) is 13.9. The Morgan fingerprint density at radius 2 is 1.86 bits per heavy atom. The van der Waals surface area contributed by atoms with E-state index in [0.29, 0.717) is 24.2 Å². The van der Waals surface area contributed by atoms with Gasteiger partial charge in [-0.25, -0.2) is 4.98 Å². The van der Waals surface area contributed by atoms with Crippen LogP contribution in [-0.2, 0) is 7.05 Å². The molecule has 0 aliphatic heterocycles. The summed E-state index contributed by atoms with van der Waals surface area (Å²) in [6.07, 6.45) is 3.49. The van der Waals surface area contributed by atoms with Crippen LogP contribution in [-0.4, -0.2) is 45.6 Å². The average Bonchev–Trinajstić information content (AvgIpc) is 3.12. The van der Waals surface area contributed by atoms with E-state index in [2.05, 4.69) is 33.9 Å². The lowest BCUT2D eigenvalue weighted by atomic mass is 9.93. The first-order valence-corrected chi connectivity index (χ1v) is 9.47. The van der Waals surface area contributed by atoms with E-state index in [1.165, 1.54) is 0 Å². The fraction of sp³-hybridized carbons (Fsp3) is 0.429. The van der Waals surface area contributed by atoms with Gasteiger partial charge in [-0.05, 0) is 25.0 Å². The van der Waals surface area contributed by atoms with E-state index in [4.69, 9.17) is 14.2 Å². The van der Waals surface area contributed by atoms with Gasteiger partial charge in [0.25, 0.3) is 0 Å². The molecule has 0 saturated heterocycles. The molecule has 0 N–H and O–H groups in total. The number of hydrogen-bond donors (Lipinski definition) is 0. The second-order valence-electron chi connectivity index (χ2n) is 7.03. The maximum absolute atomic E-state index is 6.13. The highest BCUT2D eigenvalue weighted by Gasteiger charge is 2.20. The van der Waals surface area contributed by atoms with Crippen molar-refractivity contribution in [3.05, 3.63) is 42.1 Å². The minimum Gasteiger partial charge on any atom is -0.495 e. The molecule has 3 aromatic heterocycles. The number of methoxy groups -OCH3 is 2. The molecule has 0 aliphatic rings. The molecule has 0 saturated carbocycles. The largest absolute Gasteiger partial charge is 0.495 e. The quantitative estimate of drug-likeness (QED) is 0.576. The van der Waals surface area contributed by atoms with E-state index in [-0.39, 0.29) is 11.8 Å². The van der Waals surface area contributed by atoms with Gasteiger partial charge in [-0.1, -0.05) is 13.8 Å². The van der Waals surface area contributed by atoms with Crippen LogP contribution in [0.4, 0.5) is 0 Å². The molecule has 0 bridgehead atoms. The Kier molecular flexibility index (Phi) is 6.31. The lowest BCUT2D eigenvalue weighted by molar-refractivity contribution is 0.232. The standard InChI is InChI=1S/C21H27N5O3/c1-13(14(2)18-8-7-16(27-5)10-23-18)12-29-21-17(11-22-15(3)24-21)19-9-20(28-6)25-26(19)4/h7-11,13-14H,12H2,1-6H3/t13-,14+/m1/s1. The molecule has 0 radical (unpaired) electrons. The van der Waals surface area contributed by atoms with Crippen LogP contribution in [0.3, 0.4) is 0 Å². The molecule has 0 spiro atoms. The van der Waals surface area contributed by atoms with E-state index < -0.39 is 0 Å². The minimum absolute atomic E-state index is 0.212. The topological polar surface area (TPSA) is 84.2 Å². The lowest BCUT2D eigenvalue weighted by Crippen LogP contribution is -2.17. The summed E-state index contributed by atoms with van der Waals surface area (Å²) in [6.45, 7) is 6.61. The van der Waals surface area contributed by atoms with Gasteiger partial charge >= 0.3 is 0 Å². The second kappa shape index (κ2) is 8.89. The molecule has 2 atom stereocenters. The van der Waals surface area contributed by atoms with Crippen molar-refractivity contribution >= 4 is 0 Å². The summed E-state index contributed by atoms with van der Waals surface area (Å²) in [5, 5.41) is 4.31. The summed E-state index contributed by atoms with van der Waals surface area (Å²) in [7, 11) is 5.07. The van der Waals surface area contributed by atoms with Crippen LogP contribution >= 0.6 is 0 Å². The van der Waals surface area contributed by atoms with Gasteiger partial charge in [-0.15, -0.1) is 5.10 Å². The van der Waals surface area contributed by atoms with Gasteiger partial charge in [0.2, 0.25) is 11.8 Å². The van der Waals surface area contributed by atoms with Crippen molar-refractivity contribution < 1.29 is 14.2 Å². The zero-order valence-electron chi connectivity index (χ0n) is 17.7. The van der Waals surface area contributed by atoms with Crippen molar-refractivity contribution in [2.75, 3.05) is 20.8 Å². The second-order valence-corrected chi connectivity index (χ2v) is 7.03. The van der Waals surface area contributed by atoms with Crippen LogP contribution in [0, 0.1) is 12.8 Å². The van der Waals surface area contributed by atoms with Crippen LogP contribution in [0.2, 0.25) is 0 Å². The fourth-order valence-corrected chi connectivity index (χ4v) is 2.96. The van der Waals surface area contributed by atoms with Gasteiger partial charge in [-0.2, -0.15) is 4.98 Å². The predicted octanol–water partition coefficient (Wildman–Crippen LogP) is 3.42. The number of hydrogen-bond acceptors (Lipinski definition) is 7. The molecule has 0 aliphatic carbocycles. The van der Waals surface area contributed by atoms with Gasteiger partial charge in [0.1, 0.15) is 11.6 Å². The average molecular weight is 397 g/mol. The van der Waals surface area contributed by atoms with Crippen molar-refractivity contribution in [1.82, 2.24) is 24.7 Å². The molecular formula is C21H27N5O3. The summed E-state index contributed by atoms with van der Waals surface area (Å²) in [5.74, 6) is 2.89. The van der Waals surface area contributed by atoms with E-state index in [9.17, 15) is 0 Å². The molecule has 3 aromatic rings. The summed E-state index contributed by atoms with van der Waals surface area (Å²) < 4.78 is 18.3. The molecule has 0 unspecified atom stereocenters. The van der Waals surface area contributed by atoms with E-state index in [1.807, 2.05) is 32.2 Å². The Hall–Kier alpha value is -3.16. The Labute approximate surface area is 170 Å². The number of aromatic nitrogens is 5. The first-order valence-electron chi connectivity index (χ1n) is 9.47. The minimum atomic E-state index is 0.212. The van der Waals surface area contributed by atoms with Crippen LogP contribution < -0.4 is 14.2 Å². The third kappa shape index (κ3) is 4.64. The maximum Gasteiger partial charge on any atom is 0.233 e. The van der Waals surface area contributed by atoms with Crippen molar-refractivity contribution in [2.45, 2.75) is 26.7 Å². The normalized spacial score (nSPS) is 13.0. The van der Waals surface area contributed by atoms with Crippen molar-refractivity contribution in [2.24, 2.45) is 13.0 Å². The van der Waals surface area contributed by atoms with Crippen molar-refractivity contribution in [1.29, 1.82) is 0 Å². The highest BCUT2D eigenvalue weighted by Crippen LogP contribution is 2.31. The molecule has 8 heteroatoms. The smallest absolute Gasteiger partial charge is 0.233 e. The van der Waals surface area contributed by atoms with Gasteiger partial charge in [-0.3, -0.25) is 9.67 Å². The fourth-order valence-electron chi connectivity index (χ4n) is 2.96. The molecule has 0 amide bonds. The Bertz CT molecular complexity index is 955. The summed E-state index contributed by atoms with van der Waals surface area (Å²) in [4.78, 5) is 13.3. The van der Waals surface area contributed by atoms with Crippen molar-refractivity contribution in [3.8, 4) is 28.8 Å². The Balaban J connectivity index is 1.77. The molecule has 0 aromatic carbocycles. The van der Waals surface area contributed by atoms with E-state index in [0.717, 1.165) is 22.7 Å². The molecule has 154 valence electrons. The number of nitrogens with zero attached hydrogens (tertiary/aromatic N) is 5. The van der Waals surface area contributed by atoms with Gasteiger partial charge < -0.3 is 14.2 Å². The Morgan fingerprint density at radius 1 is 1.07 bits per heavy atom. The molecule has 3 heterocycles. The molecule has 0 fully saturated rings. The molecular weight excluding hydrogens is 370 g/mol. The van der Waals surface area contributed by atoms with Gasteiger partial charge in [0.15, 0.2) is 0 Å². The number of pyridine rings is 1. The first kappa shape index (κ1) is 20.6. The number of ether oxygens (including phenoxy) is 3. The molecule has 8 nitrogen and oxygen atoms in total.